The van der Waals surface area contributed by atoms with E-state index in [1.165, 1.54) is 5.56 Å². The zero-order valence-corrected chi connectivity index (χ0v) is 15.5. The van der Waals surface area contributed by atoms with E-state index < -0.39 is 11.2 Å². The number of piperidine rings is 1. The van der Waals surface area contributed by atoms with Crippen LogP contribution < -0.4 is 11.2 Å². The number of nitrogens with one attached hydrogen (secondary N) is 3. The van der Waals surface area contributed by atoms with Gasteiger partial charge in [-0.2, -0.15) is 5.10 Å². The molecule has 0 saturated carbocycles. The van der Waals surface area contributed by atoms with Crippen molar-refractivity contribution in [3.63, 3.8) is 0 Å². The lowest BCUT2D eigenvalue weighted by molar-refractivity contribution is 0.0705. The number of H-pyrrole nitrogens is 3. The fourth-order valence-electron chi connectivity index (χ4n) is 3.78. The first kappa shape index (κ1) is 18.0. The van der Waals surface area contributed by atoms with E-state index in [0.717, 1.165) is 35.7 Å². The van der Waals surface area contributed by atoms with Crippen LogP contribution in [0.1, 0.15) is 40.5 Å². The van der Waals surface area contributed by atoms with Crippen molar-refractivity contribution < 1.29 is 4.79 Å². The molecular weight excluding hydrogens is 358 g/mol. The minimum absolute atomic E-state index is 0.0224. The van der Waals surface area contributed by atoms with E-state index >= 15 is 0 Å². The molecule has 0 unspecified atom stereocenters. The highest BCUT2D eigenvalue weighted by Crippen LogP contribution is 2.34. The van der Waals surface area contributed by atoms with Crippen LogP contribution in [0.15, 0.2) is 46.1 Å². The van der Waals surface area contributed by atoms with Gasteiger partial charge < -0.3 is 9.88 Å². The summed E-state index contributed by atoms with van der Waals surface area (Å²) in [6.45, 7) is 3.15. The summed E-state index contributed by atoms with van der Waals surface area (Å²) in [5.74, 6) is -0.0644. The third-order valence-corrected chi connectivity index (χ3v) is 5.18. The summed E-state index contributed by atoms with van der Waals surface area (Å²) in [5.41, 5.74) is 3.26. The number of carbonyl (C=O) groups is 1. The third-order valence-electron chi connectivity index (χ3n) is 5.18. The van der Waals surface area contributed by atoms with Gasteiger partial charge in [0.1, 0.15) is 5.69 Å². The number of benzene rings is 1. The van der Waals surface area contributed by atoms with Crippen molar-refractivity contribution in [2.45, 2.75) is 25.7 Å². The molecule has 8 heteroatoms. The normalized spacial score (nSPS) is 15.0. The van der Waals surface area contributed by atoms with Gasteiger partial charge >= 0.3 is 5.69 Å². The molecule has 1 aliphatic rings. The molecule has 0 spiro atoms. The standard InChI is InChI=1S/C20H21N5O3/c1-12-3-2-4-14(9-12)15-11-21-24-18(15)13-5-7-25(8-6-13)19(27)16-10-17(26)23-20(28)22-16/h2-4,9-11,13H,5-8H2,1H3,(H,21,24)(H2,22,23,26,28). The molecule has 8 nitrogen and oxygen atoms in total. The maximum absolute atomic E-state index is 12.6. The van der Waals surface area contributed by atoms with Crippen LogP contribution in [0.4, 0.5) is 0 Å². The Labute approximate surface area is 160 Å². The van der Waals surface area contributed by atoms with Gasteiger partial charge in [-0.05, 0) is 25.3 Å². The number of nitrogens with zero attached hydrogens (tertiary/aromatic N) is 2. The molecule has 1 amide bonds. The highest BCUT2D eigenvalue weighted by atomic mass is 16.2. The van der Waals surface area contributed by atoms with Crippen molar-refractivity contribution in [3.05, 3.63) is 74.3 Å². The molecule has 2 aromatic heterocycles. The fourth-order valence-corrected chi connectivity index (χ4v) is 3.78. The molecule has 3 N–H and O–H groups in total. The first-order chi connectivity index (χ1) is 13.5. The Morgan fingerprint density at radius 2 is 1.93 bits per heavy atom. The molecule has 1 saturated heterocycles. The fraction of sp³-hybridized carbons (Fsp3) is 0.300. The van der Waals surface area contributed by atoms with Gasteiger partial charge in [-0.25, -0.2) is 4.79 Å². The van der Waals surface area contributed by atoms with Gasteiger partial charge in [0.15, 0.2) is 0 Å². The van der Waals surface area contributed by atoms with Crippen LogP contribution in [-0.2, 0) is 0 Å². The van der Waals surface area contributed by atoms with Gasteiger partial charge in [-0.3, -0.25) is 19.7 Å². The Bertz CT molecular complexity index is 1090. The van der Waals surface area contributed by atoms with E-state index in [4.69, 9.17) is 0 Å². The number of likely N-dealkylation sites (tertiary alicyclic amines) is 1. The van der Waals surface area contributed by atoms with Gasteiger partial charge in [0.05, 0.1) is 6.20 Å². The van der Waals surface area contributed by atoms with E-state index in [9.17, 15) is 14.4 Å². The van der Waals surface area contributed by atoms with E-state index in [0.29, 0.717) is 13.1 Å². The molecule has 3 aromatic rings. The maximum atomic E-state index is 12.6. The molecule has 0 atom stereocenters. The first-order valence-electron chi connectivity index (χ1n) is 9.24. The van der Waals surface area contributed by atoms with Crippen LogP contribution in [0.3, 0.4) is 0 Å². The lowest BCUT2D eigenvalue weighted by Crippen LogP contribution is -2.40. The van der Waals surface area contributed by atoms with Crippen molar-refractivity contribution in [1.29, 1.82) is 0 Å². The van der Waals surface area contributed by atoms with Gasteiger partial charge in [0.2, 0.25) is 0 Å². The quantitative estimate of drug-likeness (QED) is 0.643. The van der Waals surface area contributed by atoms with Crippen molar-refractivity contribution in [2.24, 2.45) is 0 Å². The predicted octanol–water partition coefficient (Wildman–Crippen LogP) is 1.78. The van der Waals surface area contributed by atoms with Crippen molar-refractivity contribution in [2.75, 3.05) is 13.1 Å². The minimum atomic E-state index is -0.675. The number of rotatable bonds is 3. The second-order valence-corrected chi connectivity index (χ2v) is 7.13. The number of aromatic nitrogens is 4. The molecule has 0 aliphatic carbocycles. The summed E-state index contributed by atoms with van der Waals surface area (Å²) >= 11 is 0. The van der Waals surface area contributed by atoms with Gasteiger partial charge in [-0.15, -0.1) is 0 Å². The summed E-state index contributed by atoms with van der Waals surface area (Å²) in [6, 6.07) is 9.43. The summed E-state index contributed by atoms with van der Waals surface area (Å²) in [7, 11) is 0. The Hall–Kier alpha value is -3.42. The number of hydrogen-bond donors (Lipinski definition) is 3. The number of hydrogen-bond acceptors (Lipinski definition) is 4. The highest BCUT2D eigenvalue weighted by molar-refractivity contribution is 5.92. The van der Waals surface area contributed by atoms with Crippen LogP contribution in [0.2, 0.25) is 0 Å². The van der Waals surface area contributed by atoms with Crippen LogP contribution in [0.5, 0.6) is 0 Å². The number of carbonyl (C=O) groups excluding carboxylic acids is 1. The predicted molar refractivity (Wildman–Crippen MR) is 104 cm³/mol. The Morgan fingerprint density at radius 3 is 2.64 bits per heavy atom. The molecule has 0 radical (unpaired) electrons. The van der Waals surface area contributed by atoms with Crippen LogP contribution in [0, 0.1) is 6.92 Å². The molecular formula is C20H21N5O3. The lowest BCUT2D eigenvalue weighted by Gasteiger charge is -2.31. The Kier molecular flexibility index (Phi) is 4.68. The average Bonchev–Trinajstić information content (AvgIpc) is 3.17. The molecule has 28 heavy (non-hydrogen) atoms. The second kappa shape index (κ2) is 7.30. The number of amides is 1. The molecule has 1 aliphatic heterocycles. The molecule has 0 bridgehead atoms. The Morgan fingerprint density at radius 1 is 1.14 bits per heavy atom. The summed E-state index contributed by atoms with van der Waals surface area (Å²) in [4.78, 5) is 41.6. The number of aryl methyl sites for hydroxylation is 1. The smallest absolute Gasteiger partial charge is 0.326 e. The summed E-state index contributed by atoms with van der Waals surface area (Å²) in [6.07, 6.45) is 3.41. The van der Waals surface area contributed by atoms with Crippen molar-refractivity contribution in [1.82, 2.24) is 25.1 Å². The van der Waals surface area contributed by atoms with E-state index in [1.54, 1.807) is 4.90 Å². The van der Waals surface area contributed by atoms with Gasteiger partial charge in [-0.1, -0.05) is 29.8 Å². The van der Waals surface area contributed by atoms with E-state index in [2.05, 4.69) is 45.3 Å². The van der Waals surface area contributed by atoms with Gasteiger partial charge in [0.25, 0.3) is 11.5 Å². The van der Waals surface area contributed by atoms with Crippen LogP contribution >= 0.6 is 0 Å². The van der Waals surface area contributed by atoms with Crippen LogP contribution in [0.25, 0.3) is 11.1 Å². The number of aromatic amines is 3. The lowest BCUT2D eigenvalue weighted by atomic mass is 9.89. The molecule has 1 aromatic carbocycles. The molecule has 1 fully saturated rings. The topological polar surface area (TPSA) is 115 Å². The SMILES string of the molecule is Cc1cccc(-c2cn[nH]c2C2CCN(C(=O)c3cc(=O)[nH]c(=O)[nH]3)CC2)c1. The zero-order valence-electron chi connectivity index (χ0n) is 15.5. The minimum Gasteiger partial charge on any atom is -0.337 e. The third kappa shape index (κ3) is 3.53. The zero-order chi connectivity index (χ0) is 19.7. The van der Waals surface area contributed by atoms with E-state index in [-0.39, 0.29) is 17.5 Å². The second-order valence-electron chi connectivity index (χ2n) is 7.13. The largest absolute Gasteiger partial charge is 0.337 e. The Balaban J connectivity index is 1.49. The van der Waals surface area contributed by atoms with Crippen LogP contribution in [-0.4, -0.2) is 44.1 Å². The first-order valence-corrected chi connectivity index (χ1v) is 9.24. The average molecular weight is 379 g/mol. The molecule has 3 heterocycles. The molecule has 144 valence electrons. The van der Waals surface area contributed by atoms with Gasteiger partial charge in [0, 0.05) is 36.3 Å². The monoisotopic (exact) mass is 379 g/mol. The maximum Gasteiger partial charge on any atom is 0.326 e. The van der Waals surface area contributed by atoms with E-state index in [1.807, 2.05) is 12.3 Å². The van der Waals surface area contributed by atoms with Crippen molar-refractivity contribution >= 4 is 5.91 Å². The highest BCUT2D eigenvalue weighted by Gasteiger charge is 2.27. The van der Waals surface area contributed by atoms with Crippen molar-refractivity contribution in [3.8, 4) is 11.1 Å². The summed E-state index contributed by atoms with van der Waals surface area (Å²) in [5, 5.41) is 7.38. The molecule has 4 rings (SSSR count). The summed E-state index contributed by atoms with van der Waals surface area (Å²) < 4.78 is 0.